The molecule has 0 heterocycles. The number of benzene rings is 2. The highest BCUT2D eigenvalue weighted by atomic mass is 19.1. The Morgan fingerprint density at radius 1 is 1.00 bits per heavy atom. The summed E-state index contributed by atoms with van der Waals surface area (Å²) < 4.78 is 35.1. The third-order valence-electron chi connectivity index (χ3n) is 7.10. The van der Waals surface area contributed by atoms with Gasteiger partial charge in [-0.3, -0.25) is 0 Å². The average molecular weight is 385 g/mol. The predicted molar refractivity (Wildman–Crippen MR) is 111 cm³/mol. The SMILES string of the molecule is C=CCOc1cc(F)c2cc(C3CCC4CC(CC)CCC4C3)c(F)cc2c1. The van der Waals surface area contributed by atoms with E-state index in [9.17, 15) is 8.78 Å². The monoisotopic (exact) mass is 384 g/mol. The van der Waals surface area contributed by atoms with E-state index in [2.05, 4.69) is 13.5 Å². The van der Waals surface area contributed by atoms with Crippen molar-refractivity contribution < 1.29 is 13.5 Å². The quantitative estimate of drug-likeness (QED) is 0.488. The number of fused-ring (bicyclic) bond motifs is 2. The molecule has 28 heavy (non-hydrogen) atoms. The van der Waals surface area contributed by atoms with Crippen LogP contribution in [0, 0.1) is 29.4 Å². The summed E-state index contributed by atoms with van der Waals surface area (Å²) in [6.07, 6.45) is 10.1. The first-order chi connectivity index (χ1) is 13.6. The molecule has 0 aliphatic heterocycles. The molecular weight excluding hydrogens is 354 g/mol. The van der Waals surface area contributed by atoms with E-state index in [4.69, 9.17) is 4.74 Å². The number of halogens is 2. The molecule has 0 saturated heterocycles. The Morgan fingerprint density at radius 3 is 2.57 bits per heavy atom. The molecule has 0 amide bonds. The Labute approximate surface area is 166 Å². The highest BCUT2D eigenvalue weighted by Gasteiger charge is 2.36. The molecule has 0 radical (unpaired) electrons. The van der Waals surface area contributed by atoms with Crippen LogP contribution >= 0.6 is 0 Å². The van der Waals surface area contributed by atoms with Gasteiger partial charge in [-0.25, -0.2) is 8.78 Å². The van der Waals surface area contributed by atoms with Gasteiger partial charge < -0.3 is 4.74 Å². The highest BCUT2D eigenvalue weighted by Crippen LogP contribution is 2.48. The first kappa shape index (κ1) is 19.4. The van der Waals surface area contributed by atoms with E-state index < -0.39 is 0 Å². The summed E-state index contributed by atoms with van der Waals surface area (Å²) >= 11 is 0. The Balaban J connectivity index is 1.58. The Kier molecular flexibility index (Phi) is 5.70. The van der Waals surface area contributed by atoms with E-state index in [-0.39, 0.29) is 17.6 Å². The third-order valence-corrected chi connectivity index (χ3v) is 7.10. The molecule has 0 spiro atoms. The molecule has 2 saturated carbocycles. The topological polar surface area (TPSA) is 9.23 Å². The fourth-order valence-corrected chi connectivity index (χ4v) is 5.52. The summed E-state index contributed by atoms with van der Waals surface area (Å²) in [6.45, 7) is 6.19. The predicted octanol–water partition coefficient (Wildman–Crippen LogP) is 7.39. The number of ether oxygens (including phenoxy) is 1. The van der Waals surface area contributed by atoms with Crippen LogP contribution in [0.3, 0.4) is 0 Å². The van der Waals surface area contributed by atoms with E-state index in [1.54, 1.807) is 18.2 Å². The van der Waals surface area contributed by atoms with Gasteiger partial charge >= 0.3 is 0 Å². The van der Waals surface area contributed by atoms with Gasteiger partial charge in [0.15, 0.2) is 0 Å². The van der Waals surface area contributed by atoms with Crippen molar-refractivity contribution in [2.24, 2.45) is 17.8 Å². The van der Waals surface area contributed by atoms with Crippen molar-refractivity contribution in [3.8, 4) is 5.75 Å². The van der Waals surface area contributed by atoms with Crippen LogP contribution in [0.2, 0.25) is 0 Å². The normalized spacial score (nSPS) is 27.4. The molecule has 2 aliphatic rings. The first-order valence-electron chi connectivity index (χ1n) is 10.8. The summed E-state index contributed by atoms with van der Waals surface area (Å²) in [4.78, 5) is 0. The van der Waals surface area contributed by atoms with Crippen molar-refractivity contribution >= 4 is 10.8 Å². The molecule has 4 atom stereocenters. The van der Waals surface area contributed by atoms with E-state index in [1.165, 1.54) is 44.2 Å². The standard InChI is InChI=1S/C25H30F2O/c1-3-9-28-21-12-20-13-24(26)22(15-23(20)25(27)14-21)19-8-7-17-10-16(4-2)5-6-18(17)11-19/h3,12-19H,1,4-11H2,2H3. The Morgan fingerprint density at radius 2 is 1.79 bits per heavy atom. The van der Waals surface area contributed by atoms with Crippen molar-refractivity contribution in [2.45, 2.75) is 57.8 Å². The molecule has 4 unspecified atom stereocenters. The van der Waals surface area contributed by atoms with Crippen LogP contribution in [0.4, 0.5) is 8.78 Å². The van der Waals surface area contributed by atoms with Crippen LogP contribution in [0.25, 0.3) is 10.8 Å². The smallest absolute Gasteiger partial charge is 0.134 e. The first-order valence-corrected chi connectivity index (χ1v) is 10.8. The fourth-order valence-electron chi connectivity index (χ4n) is 5.52. The van der Waals surface area contributed by atoms with E-state index in [1.807, 2.05) is 0 Å². The van der Waals surface area contributed by atoms with Crippen molar-refractivity contribution in [2.75, 3.05) is 6.61 Å². The lowest BCUT2D eigenvalue weighted by molar-refractivity contribution is 0.115. The minimum absolute atomic E-state index is 0.208. The number of hydrogen-bond acceptors (Lipinski definition) is 1. The molecule has 2 aromatic carbocycles. The minimum Gasteiger partial charge on any atom is -0.489 e. The summed E-state index contributed by atoms with van der Waals surface area (Å²) in [7, 11) is 0. The largest absolute Gasteiger partial charge is 0.489 e. The summed E-state index contributed by atoms with van der Waals surface area (Å²) in [5, 5.41) is 1.04. The maximum atomic E-state index is 15.0. The van der Waals surface area contributed by atoms with Crippen molar-refractivity contribution in [1.82, 2.24) is 0 Å². The molecule has 3 heteroatoms. The lowest BCUT2D eigenvalue weighted by Gasteiger charge is -2.42. The second kappa shape index (κ2) is 8.23. The van der Waals surface area contributed by atoms with E-state index in [0.717, 1.165) is 24.7 Å². The maximum Gasteiger partial charge on any atom is 0.134 e. The van der Waals surface area contributed by atoms with Crippen molar-refractivity contribution in [1.29, 1.82) is 0 Å². The molecule has 0 bridgehead atoms. The van der Waals surface area contributed by atoms with Crippen LogP contribution in [-0.2, 0) is 0 Å². The zero-order valence-corrected chi connectivity index (χ0v) is 16.7. The highest BCUT2D eigenvalue weighted by molar-refractivity contribution is 5.85. The van der Waals surface area contributed by atoms with Gasteiger partial charge in [-0.05, 0) is 84.9 Å². The lowest BCUT2D eigenvalue weighted by Crippen LogP contribution is -2.30. The lowest BCUT2D eigenvalue weighted by atomic mass is 9.63. The number of rotatable bonds is 5. The van der Waals surface area contributed by atoms with Gasteiger partial charge in [0.25, 0.3) is 0 Å². The fraction of sp³-hybridized carbons (Fsp3) is 0.520. The van der Waals surface area contributed by atoms with Crippen LogP contribution in [0.5, 0.6) is 5.75 Å². The Bertz CT molecular complexity index is 859. The zero-order chi connectivity index (χ0) is 19.7. The number of hydrogen-bond donors (Lipinski definition) is 0. The molecule has 0 N–H and O–H groups in total. The van der Waals surface area contributed by atoms with Gasteiger partial charge in [0.05, 0.1) is 0 Å². The van der Waals surface area contributed by atoms with Gasteiger partial charge in [-0.1, -0.05) is 32.4 Å². The Hall–Kier alpha value is -1.90. The third kappa shape index (κ3) is 3.81. The second-order valence-electron chi connectivity index (χ2n) is 8.72. The van der Waals surface area contributed by atoms with Crippen molar-refractivity contribution in [3.05, 3.63) is 54.1 Å². The van der Waals surface area contributed by atoms with E-state index in [0.29, 0.717) is 34.6 Å². The molecule has 0 aromatic heterocycles. The molecule has 4 rings (SSSR count). The minimum atomic E-state index is -0.352. The van der Waals surface area contributed by atoms with Crippen LogP contribution in [0.15, 0.2) is 36.9 Å². The second-order valence-corrected chi connectivity index (χ2v) is 8.72. The van der Waals surface area contributed by atoms with Gasteiger partial charge in [0.2, 0.25) is 0 Å². The van der Waals surface area contributed by atoms with Gasteiger partial charge in [0, 0.05) is 11.5 Å². The maximum absolute atomic E-state index is 15.0. The van der Waals surface area contributed by atoms with E-state index >= 15 is 0 Å². The van der Waals surface area contributed by atoms with Gasteiger partial charge in [-0.15, -0.1) is 0 Å². The molecule has 2 aromatic rings. The average Bonchev–Trinajstić information content (AvgIpc) is 2.71. The van der Waals surface area contributed by atoms with Gasteiger partial charge in [0.1, 0.15) is 24.0 Å². The van der Waals surface area contributed by atoms with Crippen molar-refractivity contribution in [3.63, 3.8) is 0 Å². The van der Waals surface area contributed by atoms with Crippen LogP contribution < -0.4 is 4.74 Å². The molecular formula is C25H30F2O. The van der Waals surface area contributed by atoms with Crippen LogP contribution in [0.1, 0.15) is 63.4 Å². The summed E-state index contributed by atoms with van der Waals surface area (Å²) in [6, 6.07) is 6.32. The zero-order valence-electron chi connectivity index (χ0n) is 16.7. The van der Waals surface area contributed by atoms with Crippen LogP contribution in [-0.4, -0.2) is 6.61 Å². The summed E-state index contributed by atoms with van der Waals surface area (Å²) in [5.74, 6) is 2.44. The molecule has 1 nitrogen and oxygen atoms in total. The molecule has 2 aliphatic carbocycles. The molecule has 2 fully saturated rings. The summed E-state index contributed by atoms with van der Waals surface area (Å²) in [5.41, 5.74) is 0.697. The van der Waals surface area contributed by atoms with Gasteiger partial charge in [-0.2, -0.15) is 0 Å². The molecule has 150 valence electrons.